The van der Waals surface area contributed by atoms with E-state index in [4.69, 9.17) is 28.3 Å². The molecule has 1 aromatic carbocycles. The number of halogens is 2. The van der Waals surface area contributed by atoms with Crippen molar-refractivity contribution in [3.63, 3.8) is 0 Å². The minimum Gasteiger partial charge on any atom is -0.283 e. The molecule has 0 saturated carbocycles. The first-order chi connectivity index (χ1) is 14.0. The molecule has 5 rings (SSSR count). The number of thiophene rings is 1. The van der Waals surface area contributed by atoms with Crippen molar-refractivity contribution in [3.05, 3.63) is 55.3 Å². The van der Waals surface area contributed by atoms with Crippen LogP contribution in [0.15, 0.2) is 23.6 Å². The molecule has 1 saturated heterocycles. The number of amides is 1. The second kappa shape index (κ2) is 7.43. The fourth-order valence-electron chi connectivity index (χ4n) is 4.19. The molecule has 0 bridgehead atoms. The summed E-state index contributed by atoms with van der Waals surface area (Å²) in [5.41, 5.74) is 8.54. The van der Waals surface area contributed by atoms with Crippen LogP contribution in [0.5, 0.6) is 0 Å². The molecule has 5 nitrogen and oxygen atoms in total. The highest BCUT2D eigenvalue weighted by atomic mass is 35.5. The normalized spacial score (nSPS) is 16.0. The van der Waals surface area contributed by atoms with Crippen molar-refractivity contribution in [2.75, 3.05) is 13.1 Å². The first kappa shape index (κ1) is 19.1. The summed E-state index contributed by atoms with van der Waals surface area (Å²) < 4.78 is 1.81. The smallest absolute Gasteiger partial charge is 0.283 e. The molecular weight excluding hydrogens is 427 g/mol. The Balaban J connectivity index is 1.61. The molecule has 3 aromatic rings. The Morgan fingerprint density at radius 1 is 1.21 bits per heavy atom. The first-order valence-corrected chi connectivity index (χ1v) is 11.4. The predicted octanol–water partition coefficient (Wildman–Crippen LogP) is 5.25. The standard InChI is InChI=1S/C21H20Cl2N4OS/c1-12-11-29-17-10-14-19(21(28)25-26-7-3-2-4-8-26)24-27(20(14)18(12)17)16-6-5-13(22)9-15(16)23/h5-6,9,11H,2-4,7-8,10H2,1H3,(H,25,28). The molecule has 1 N–H and O–H groups in total. The average molecular weight is 447 g/mol. The van der Waals surface area contributed by atoms with Crippen LogP contribution in [0.3, 0.4) is 0 Å². The fourth-order valence-corrected chi connectivity index (χ4v) is 5.72. The largest absolute Gasteiger partial charge is 0.286 e. The highest BCUT2D eigenvalue weighted by molar-refractivity contribution is 7.10. The van der Waals surface area contributed by atoms with Crippen LogP contribution >= 0.6 is 34.5 Å². The van der Waals surface area contributed by atoms with Crippen molar-refractivity contribution in [1.82, 2.24) is 20.2 Å². The number of carbonyl (C=O) groups excluding carboxylic acids is 1. The van der Waals surface area contributed by atoms with Crippen LogP contribution in [-0.4, -0.2) is 33.8 Å². The van der Waals surface area contributed by atoms with Crippen molar-refractivity contribution in [3.8, 4) is 16.9 Å². The average Bonchev–Trinajstić information content (AvgIpc) is 3.34. The summed E-state index contributed by atoms with van der Waals surface area (Å²) in [5, 5.41) is 9.96. The van der Waals surface area contributed by atoms with Gasteiger partial charge in [-0.3, -0.25) is 10.2 Å². The van der Waals surface area contributed by atoms with E-state index in [0.29, 0.717) is 15.7 Å². The van der Waals surface area contributed by atoms with Gasteiger partial charge in [-0.1, -0.05) is 29.6 Å². The second-order valence-electron chi connectivity index (χ2n) is 7.57. The van der Waals surface area contributed by atoms with Gasteiger partial charge in [0.05, 0.1) is 16.4 Å². The number of piperidine rings is 1. The summed E-state index contributed by atoms with van der Waals surface area (Å²) in [4.78, 5) is 14.4. The van der Waals surface area contributed by atoms with E-state index in [0.717, 1.165) is 49.3 Å². The van der Waals surface area contributed by atoms with Crippen molar-refractivity contribution in [2.24, 2.45) is 0 Å². The molecule has 0 spiro atoms. The zero-order valence-electron chi connectivity index (χ0n) is 16.0. The van der Waals surface area contributed by atoms with Gasteiger partial charge < -0.3 is 0 Å². The molecule has 1 aliphatic carbocycles. The maximum Gasteiger partial charge on any atom is 0.286 e. The van der Waals surface area contributed by atoms with E-state index in [1.165, 1.54) is 22.4 Å². The minimum absolute atomic E-state index is 0.153. The van der Waals surface area contributed by atoms with Crippen molar-refractivity contribution in [2.45, 2.75) is 32.6 Å². The number of hydrogen-bond donors (Lipinski definition) is 1. The monoisotopic (exact) mass is 446 g/mol. The van der Waals surface area contributed by atoms with Crippen LogP contribution in [0.25, 0.3) is 16.9 Å². The number of aryl methyl sites for hydroxylation is 1. The quantitative estimate of drug-likeness (QED) is 0.467. The topological polar surface area (TPSA) is 50.2 Å². The SMILES string of the molecule is Cc1csc2c1-c1c(c(C(=O)NN3CCCCC3)nn1-c1ccc(Cl)cc1Cl)C2. The molecule has 8 heteroatoms. The van der Waals surface area contributed by atoms with Gasteiger partial charge in [-0.2, -0.15) is 5.10 Å². The number of benzene rings is 1. The minimum atomic E-state index is -0.153. The maximum atomic E-state index is 13.1. The number of nitrogens with one attached hydrogen (secondary N) is 1. The number of carbonyl (C=O) groups is 1. The molecule has 150 valence electrons. The Labute approximate surface area is 183 Å². The molecule has 29 heavy (non-hydrogen) atoms. The third-order valence-corrected chi connectivity index (χ3v) is 7.22. The Morgan fingerprint density at radius 3 is 2.76 bits per heavy atom. The molecule has 3 heterocycles. The van der Waals surface area contributed by atoms with E-state index in [9.17, 15) is 4.79 Å². The second-order valence-corrected chi connectivity index (χ2v) is 9.37. The number of hydrazine groups is 1. The maximum absolute atomic E-state index is 13.1. The molecule has 0 unspecified atom stereocenters. The van der Waals surface area contributed by atoms with Crippen molar-refractivity contribution >= 4 is 40.4 Å². The summed E-state index contributed by atoms with van der Waals surface area (Å²) in [6.07, 6.45) is 4.13. The molecule has 1 amide bonds. The van der Waals surface area contributed by atoms with E-state index in [2.05, 4.69) is 17.7 Å². The third kappa shape index (κ3) is 3.28. The fraction of sp³-hybridized carbons (Fsp3) is 0.333. The van der Waals surface area contributed by atoms with Gasteiger partial charge in [0.15, 0.2) is 5.69 Å². The van der Waals surface area contributed by atoms with Crippen molar-refractivity contribution < 1.29 is 4.79 Å². The lowest BCUT2D eigenvalue weighted by molar-refractivity contribution is 0.0743. The van der Waals surface area contributed by atoms with Gasteiger partial charge in [-0.15, -0.1) is 11.3 Å². The van der Waals surface area contributed by atoms with Gasteiger partial charge in [-0.05, 0) is 48.9 Å². The van der Waals surface area contributed by atoms with E-state index in [1.54, 1.807) is 23.5 Å². The summed E-state index contributed by atoms with van der Waals surface area (Å²) in [6, 6.07) is 5.35. The Bertz CT molecular complexity index is 1110. The van der Waals surface area contributed by atoms with Crippen molar-refractivity contribution in [1.29, 1.82) is 0 Å². The number of fused-ring (bicyclic) bond motifs is 3. The van der Waals surface area contributed by atoms with Crippen LogP contribution in [0.4, 0.5) is 0 Å². The molecule has 2 aliphatic rings. The number of rotatable bonds is 3. The zero-order chi connectivity index (χ0) is 20.1. The summed E-state index contributed by atoms with van der Waals surface area (Å²) >= 11 is 14.3. The van der Waals surface area contributed by atoms with E-state index in [1.807, 2.05) is 15.8 Å². The van der Waals surface area contributed by atoms with E-state index < -0.39 is 0 Å². The molecule has 2 aromatic heterocycles. The molecule has 1 fully saturated rings. The van der Waals surface area contributed by atoms with Crippen LogP contribution in [0.2, 0.25) is 10.0 Å². The number of nitrogens with zero attached hydrogens (tertiary/aromatic N) is 3. The molecule has 0 atom stereocenters. The lowest BCUT2D eigenvalue weighted by Crippen LogP contribution is -2.45. The van der Waals surface area contributed by atoms with Crippen LogP contribution in [0.1, 0.15) is 45.8 Å². The highest BCUT2D eigenvalue weighted by Crippen LogP contribution is 2.45. The zero-order valence-corrected chi connectivity index (χ0v) is 18.3. The van der Waals surface area contributed by atoms with E-state index >= 15 is 0 Å². The first-order valence-electron chi connectivity index (χ1n) is 9.73. The Hall–Kier alpha value is -1.86. The van der Waals surface area contributed by atoms with Gasteiger partial charge in [0, 0.05) is 40.5 Å². The van der Waals surface area contributed by atoms with Gasteiger partial charge in [0.25, 0.3) is 5.91 Å². The molecular formula is C21H20Cl2N4OS. The molecule has 0 radical (unpaired) electrons. The Morgan fingerprint density at radius 2 is 2.00 bits per heavy atom. The van der Waals surface area contributed by atoms with Gasteiger partial charge in [0.1, 0.15) is 0 Å². The molecule has 1 aliphatic heterocycles. The lowest BCUT2D eigenvalue weighted by atomic mass is 10.1. The van der Waals surface area contributed by atoms with Gasteiger partial charge >= 0.3 is 0 Å². The van der Waals surface area contributed by atoms with Crippen LogP contribution < -0.4 is 5.43 Å². The lowest BCUT2D eigenvalue weighted by Gasteiger charge is -2.26. The summed E-state index contributed by atoms with van der Waals surface area (Å²) in [5.74, 6) is -0.153. The summed E-state index contributed by atoms with van der Waals surface area (Å²) in [7, 11) is 0. The van der Waals surface area contributed by atoms with E-state index in [-0.39, 0.29) is 5.91 Å². The van der Waals surface area contributed by atoms with Crippen LogP contribution in [-0.2, 0) is 6.42 Å². The van der Waals surface area contributed by atoms with Crippen LogP contribution in [0, 0.1) is 6.92 Å². The Kier molecular flexibility index (Phi) is 4.90. The third-order valence-electron chi connectivity index (χ3n) is 5.58. The van der Waals surface area contributed by atoms with Gasteiger partial charge in [0.2, 0.25) is 0 Å². The predicted molar refractivity (Wildman–Crippen MR) is 117 cm³/mol. The van der Waals surface area contributed by atoms with Gasteiger partial charge in [-0.25, -0.2) is 9.69 Å². The highest BCUT2D eigenvalue weighted by Gasteiger charge is 2.34. The number of aromatic nitrogens is 2. The summed E-state index contributed by atoms with van der Waals surface area (Å²) in [6.45, 7) is 3.85. The number of hydrogen-bond acceptors (Lipinski definition) is 4.